The average Bonchev–Trinajstić information content (AvgIpc) is 2.47. The summed E-state index contributed by atoms with van der Waals surface area (Å²) >= 11 is 0. The molecule has 0 atom stereocenters. The van der Waals surface area contributed by atoms with Crippen LogP contribution in [0.4, 0.5) is 11.6 Å². The van der Waals surface area contributed by atoms with E-state index >= 15 is 0 Å². The Morgan fingerprint density at radius 3 is 2.48 bits per heavy atom. The molecule has 0 unspecified atom stereocenters. The van der Waals surface area contributed by atoms with Crippen molar-refractivity contribution in [3.05, 3.63) is 11.9 Å². The molecule has 0 aliphatic carbocycles. The molecule has 2 heterocycles. The molecule has 1 saturated heterocycles. The number of carbonyl (C=O) groups is 1. The molecule has 6 heteroatoms. The lowest BCUT2D eigenvalue weighted by Crippen LogP contribution is -2.49. The number of hydrogen-bond acceptors (Lipinski definition) is 5. The fourth-order valence-electron chi connectivity index (χ4n) is 2.48. The Bertz CT molecular complexity index is 495. The lowest BCUT2D eigenvalue weighted by atomic mass is 10.2. The maximum Gasteiger partial charge on any atom is 0.222 e. The minimum Gasteiger partial charge on any atom is -0.363 e. The maximum atomic E-state index is 11.9. The van der Waals surface area contributed by atoms with E-state index in [0.29, 0.717) is 6.42 Å². The van der Waals surface area contributed by atoms with Crippen LogP contribution in [0.1, 0.15) is 25.6 Å². The fraction of sp³-hybridized carbons (Fsp3) is 0.667. The Morgan fingerprint density at radius 1 is 1.24 bits per heavy atom. The van der Waals surface area contributed by atoms with Gasteiger partial charge >= 0.3 is 0 Å². The maximum absolute atomic E-state index is 11.9. The number of nitrogens with zero attached hydrogens (tertiary/aromatic N) is 5. The number of hydrogen-bond donors (Lipinski definition) is 0. The van der Waals surface area contributed by atoms with Crippen LogP contribution in [0.15, 0.2) is 6.07 Å². The van der Waals surface area contributed by atoms with Crippen LogP contribution in [-0.2, 0) is 4.79 Å². The molecule has 0 bridgehead atoms. The Kier molecular flexibility index (Phi) is 4.98. The number of carbonyl (C=O) groups excluding carboxylic acids is 1. The second-order valence-electron chi connectivity index (χ2n) is 5.64. The van der Waals surface area contributed by atoms with Gasteiger partial charge in [-0.15, -0.1) is 0 Å². The summed E-state index contributed by atoms with van der Waals surface area (Å²) in [6.45, 7) is 7.17. The van der Waals surface area contributed by atoms with Crippen molar-refractivity contribution in [2.24, 2.45) is 0 Å². The molecule has 1 aromatic heterocycles. The van der Waals surface area contributed by atoms with E-state index in [9.17, 15) is 4.79 Å². The van der Waals surface area contributed by atoms with E-state index in [1.54, 1.807) is 0 Å². The van der Waals surface area contributed by atoms with Crippen LogP contribution in [-0.4, -0.2) is 61.0 Å². The number of amides is 1. The molecule has 1 aliphatic rings. The summed E-state index contributed by atoms with van der Waals surface area (Å²) in [5.74, 6) is 2.92. The molecule has 0 radical (unpaired) electrons. The number of anilines is 2. The summed E-state index contributed by atoms with van der Waals surface area (Å²) in [6.07, 6.45) is 1.56. The van der Waals surface area contributed by atoms with Crippen molar-refractivity contribution >= 4 is 17.5 Å². The number of rotatable bonds is 4. The van der Waals surface area contributed by atoms with Gasteiger partial charge in [-0.2, -0.15) is 0 Å². The predicted octanol–water partition coefficient (Wildman–Crippen LogP) is 1.30. The molecule has 0 aromatic carbocycles. The average molecular weight is 291 g/mol. The van der Waals surface area contributed by atoms with E-state index in [-0.39, 0.29) is 5.91 Å². The summed E-state index contributed by atoms with van der Waals surface area (Å²) in [6, 6.07) is 2.01. The highest BCUT2D eigenvalue weighted by atomic mass is 16.2. The molecule has 2 rings (SSSR count). The first-order chi connectivity index (χ1) is 10.0. The van der Waals surface area contributed by atoms with E-state index in [4.69, 9.17) is 0 Å². The van der Waals surface area contributed by atoms with Crippen LogP contribution in [0.25, 0.3) is 0 Å². The van der Waals surface area contributed by atoms with Crippen molar-refractivity contribution in [2.75, 3.05) is 50.1 Å². The number of piperazine rings is 1. The van der Waals surface area contributed by atoms with E-state index in [0.717, 1.165) is 50.1 Å². The number of aryl methyl sites for hydroxylation is 1. The van der Waals surface area contributed by atoms with Gasteiger partial charge in [-0.05, 0) is 13.3 Å². The normalized spacial score (nSPS) is 15.2. The van der Waals surface area contributed by atoms with Crippen molar-refractivity contribution in [2.45, 2.75) is 26.7 Å². The third-order valence-corrected chi connectivity index (χ3v) is 3.69. The van der Waals surface area contributed by atoms with Gasteiger partial charge in [0.05, 0.1) is 0 Å². The molecule has 1 amide bonds. The molecule has 21 heavy (non-hydrogen) atoms. The third kappa shape index (κ3) is 3.83. The Hall–Kier alpha value is -1.85. The SMILES string of the molecule is CCCC(=O)N1CCN(c2cc(N(C)C)nc(C)n2)CC1. The fourth-order valence-corrected chi connectivity index (χ4v) is 2.48. The highest BCUT2D eigenvalue weighted by Gasteiger charge is 2.21. The van der Waals surface area contributed by atoms with E-state index in [2.05, 4.69) is 14.9 Å². The van der Waals surface area contributed by atoms with Crippen LogP contribution < -0.4 is 9.80 Å². The second kappa shape index (κ2) is 6.74. The summed E-state index contributed by atoms with van der Waals surface area (Å²) < 4.78 is 0. The molecule has 0 saturated carbocycles. The Morgan fingerprint density at radius 2 is 1.90 bits per heavy atom. The van der Waals surface area contributed by atoms with E-state index < -0.39 is 0 Å². The van der Waals surface area contributed by atoms with Gasteiger partial charge in [0.15, 0.2) is 0 Å². The van der Waals surface area contributed by atoms with Gasteiger partial charge in [0, 0.05) is 52.8 Å². The zero-order valence-electron chi connectivity index (χ0n) is 13.5. The summed E-state index contributed by atoms with van der Waals surface area (Å²) in [7, 11) is 3.96. The largest absolute Gasteiger partial charge is 0.363 e. The summed E-state index contributed by atoms with van der Waals surface area (Å²) in [5.41, 5.74) is 0. The Balaban J connectivity index is 2.03. The first-order valence-electron chi connectivity index (χ1n) is 7.57. The molecule has 6 nitrogen and oxygen atoms in total. The second-order valence-corrected chi connectivity index (χ2v) is 5.64. The van der Waals surface area contributed by atoms with Gasteiger partial charge in [0.25, 0.3) is 0 Å². The van der Waals surface area contributed by atoms with Crippen molar-refractivity contribution in [1.29, 1.82) is 0 Å². The predicted molar refractivity (Wildman–Crippen MR) is 84.8 cm³/mol. The molecular formula is C15H25N5O. The van der Waals surface area contributed by atoms with Gasteiger partial charge < -0.3 is 14.7 Å². The first kappa shape index (κ1) is 15.5. The minimum absolute atomic E-state index is 0.269. The third-order valence-electron chi connectivity index (χ3n) is 3.69. The monoisotopic (exact) mass is 291 g/mol. The number of aromatic nitrogens is 2. The minimum atomic E-state index is 0.269. The molecule has 0 N–H and O–H groups in total. The van der Waals surface area contributed by atoms with Crippen LogP contribution in [0, 0.1) is 6.92 Å². The molecule has 1 aliphatic heterocycles. The zero-order valence-corrected chi connectivity index (χ0v) is 13.5. The van der Waals surface area contributed by atoms with E-state index in [1.165, 1.54) is 0 Å². The van der Waals surface area contributed by atoms with Crippen LogP contribution in [0.5, 0.6) is 0 Å². The van der Waals surface area contributed by atoms with Crippen LogP contribution in [0.2, 0.25) is 0 Å². The van der Waals surface area contributed by atoms with Crippen molar-refractivity contribution in [1.82, 2.24) is 14.9 Å². The van der Waals surface area contributed by atoms with Gasteiger partial charge in [0.2, 0.25) is 5.91 Å². The molecular weight excluding hydrogens is 266 g/mol. The molecule has 1 aromatic rings. The molecule has 0 spiro atoms. The summed E-state index contributed by atoms with van der Waals surface area (Å²) in [5, 5.41) is 0. The topological polar surface area (TPSA) is 52.6 Å². The van der Waals surface area contributed by atoms with Gasteiger partial charge in [-0.25, -0.2) is 9.97 Å². The van der Waals surface area contributed by atoms with E-state index in [1.807, 2.05) is 43.8 Å². The quantitative estimate of drug-likeness (QED) is 0.837. The lowest BCUT2D eigenvalue weighted by Gasteiger charge is -2.35. The first-order valence-corrected chi connectivity index (χ1v) is 7.57. The van der Waals surface area contributed by atoms with Crippen LogP contribution in [0.3, 0.4) is 0 Å². The van der Waals surface area contributed by atoms with Crippen molar-refractivity contribution in [3.63, 3.8) is 0 Å². The van der Waals surface area contributed by atoms with Gasteiger partial charge in [-0.1, -0.05) is 6.92 Å². The molecule has 1 fully saturated rings. The highest BCUT2D eigenvalue weighted by molar-refractivity contribution is 5.76. The van der Waals surface area contributed by atoms with Gasteiger partial charge in [0.1, 0.15) is 17.5 Å². The lowest BCUT2D eigenvalue weighted by molar-refractivity contribution is -0.131. The van der Waals surface area contributed by atoms with Gasteiger partial charge in [-0.3, -0.25) is 4.79 Å². The van der Waals surface area contributed by atoms with Crippen LogP contribution >= 0.6 is 0 Å². The smallest absolute Gasteiger partial charge is 0.222 e. The molecule has 116 valence electrons. The highest BCUT2D eigenvalue weighted by Crippen LogP contribution is 2.19. The summed E-state index contributed by atoms with van der Waals surface area (Å²) in [4.78, 5) is 27.0. The van der Waals surface area contributed by atoms with Crippen molar-refractivity contribution in [3.8, 4) is 0 Å². The van der Waals surface area contributed by atoms with Crippen molar-refractivity contribution < 1.29 is 4.79 Å². The zero-order chi connectivity index (χ0) is 15.4. The standard InChI is InChI=1S/C15H25N5O/c1-5-6-15(21)20-9-7-19(8-10-20)14-11-13(18(3)4)16-12(2)17-14/h11H,5-10H2,1-4H3. The Labute approximate surface area is 126 Å².